The summed E-state index contributed by atoms with van der Waals surface area (Å²) in [7, 11) is 1.55. The molecule has 4 rings (SSSR count). The van der Waals surface area contributed by atoms with Crippen molar-refractivity contribution in [3.63, 3.8) is 0 Å². The molecule has 3 aromatic carbocycles. The van der Waals surface area contributed by atoms with Crippen molar-refractivity contribution in [2.75, 3.05) is 7.11 Å². The largest absolute Gasteiger partial charge is 0.496 e. The highest BCUT2D eigenvalue weighted by molar-refractivity contribution is 6.38. The third-order valence-electron chi connectivity index (χ3n) is 4.95. The Morgan fingerprint density at radius 2 is 1.57 bits per heavy atom. The number of halogens is 2. The van der Waals surface area contributed by atoms with Crippen molar-refractivity contribution in [1.82, 2.24) is 9.13 Å². The fraction of sp³-hybridized carbons (Fsp3) is 0.130. The second kappa shape index (κ2) is 8.38. The fourth-order valence-electron chi connectivity index (χ4n) is 3.52. The van der Waals surface area contributed by atoms with Crippen LogP contribution in [0.25, 0.3) is 10.9 Å². The monoisotopic (exact) mass is 440 g/mol. The van der Waals surface area contributed by atoms with E-state index in [1.165, 1.54) is 15.2 Å². The summed E-state index contributed by atoms with van der Waals surface area (Å²) in [5.74, 6) is 0.598. The van der Waals surface area contributed by atoms with E-state index >= 15 is 0 Å². The molecule has 0 aliphatic rings. The third kappa shape index (κ3) is 3.74. The fourth-order valence-corrected chi connectivity index (χ4v) is 4.08. The van der Waals surface area contributed by atoms with Crippen molar-refractivity contribution in [1.29, 1.82) is 0 Å². The lowest BCUT2D eigenvalue weighted by atomic mass is 10.1. The van der Waals surface area contributed by atoms with Crippen molar-refractivity contribution in [3.8, 4) is 5.75 Å². The topological polar surface area (TPSA) is 53.2 Å². The molecular weight excluding hydrogens is 423 g/mol. The van der Waals surface area contributed by atoms with Crippen LogP contribution in [-0.2, 0) is 13.1 Å². The van der Waals surface area contributed by atoms with Gasteiger partial charge in [0.2, 0.25) is 0 Å². The lowest BCUT2D eigenvalue weighted by molar-refractivity contribution is 0.407. The van der Waals surface area contributed by atoms with Gasteiger partial charge in [-0.2, -0.15) is 0 Å². The minimum absolute atomic E-state index is 0.0609. The summed E-state index contributed by atoms with van der Waals surface area (Å²) in [5, 5.41) is 0.820. The van der Waals surface area contributed by atoms with Crippen LogP contribution in [0.5, 0.6) is 5.75 Å². The van der Waals surface area contributed by atoms with E-state index in [1.807, 2.05) is 48.5 Å². The van der Waals surface area contributed by atoms with Crippen molar-refractivity contribution >= 4 is 34.1 Å². The molecule has 152 valence electrons. The molecule has 7 heteroatoms. The molecule has 0 radical (unpaired) electrons. The maximum Gasteiger partial charge on any atom is 0.332 e. The van der Waals surface area contributed by atoms with Crippen LogP contribution in [0.3, 0.4) is 0 Å². The van der Waals surface area contributed by atoms with Crippen LogP contribution in [0.1, 0.15) is 11.1 Å². The summed E-state index contributed by atoms with van der Waals surface area (Å²) >= 11 is 12.6. The highest BCUT2D eigenvalue weighted by Gasteiger charge is 2.18. The number of aromatic nitrogens is 2. The van der Waals surface area contributed by atoms with E-state index in [9.17, 15) is 9.59 Å². The van der Waals surface area contributed by atoms with Gasteiger partial charge in [0.05, 0.1) is 36.1 Å². The Balaban J connectivity index is 1.99. The number of ether oxygens (including phenoxy) is 1. The lowest BCUT2D eigenvalue weighted by Crippen LogP contribution is -2.40. The molecule has 0 saturated heterocycles. The molecule has 0 aliphatic carbocycles. The summed E-state index contributed by atoms with van der Waals surface area (Å²) < 4.78 is 8.09. The van der Waals surface area contributed by atoms with Gasteiger partial charge in [0.1, 0.15) is 5.75 Å². The minimum atomic E-state index is -0.466. The van der Waals surface area contributed by atoms with Crippen molar-refractivity contribution in [2.24, 2.45) is 0 Å². The van der Waals surface area contributed by atoms with Crippen molar-refractivity contribution in [3.05, 3.63) is 109 Å². The van der Waals surface area contributed by atoms with E-state index < -0.39 is 11.2 Å². The smallest absolute Gasteiger partial charge is 0.332 e. The third-order valence-corrected chi connectivity index (χ3v) is 5.47. The van der Waals surface area contributed by atoms with Gasteiger partial charge in [0.25, 0.3) is 5.56 Å². The van der Waals surface area contributed by atoms with Crippen molar-refractivity contribution in [2.45, 2.75) is 13.1 Å². The number of hydrogen-bond donors (Lipinski definition) is 0. The number of methoxy groups -OCH3 is 1. The second-order valence-electron chi connectivity index (χ2n) is 6.84. The normalized spacial score (nSPS) is 11.0. The van der Waals surface area contributed by atoms with Crippen LogP contribution in [0.15, 0.2) is 76.3 Å². The van der Waals surface area contributed by atoms with Gasteiger partial charge in [0.15, 0.2) is 0 Å². The second-order valence-corrected chi connectivity index (χ2v) is 7.68. The molecular formula is C23H18Cl2N2O3. The average Bonchev–Trinajstić information content (AvgIpc) is 2.74. The predicted molar refractivity (Wildman–Crippen MR) is 120 cm³/mol. The zero-order chi connectivity index (χ0) is 21.3. The minimum Gasteiger partial charge on any atom is -0.496 e. The predicted octanol–water partition coefficient (Wildman–Crippen LogP) is 4.58. The Morgan fingerprint density at radius 3 is 2.30 bits per heavy atom. The maximum absolute atomic E-state index is 13.4. The Morgan fingerprint density at radius 1 is 0.867 bits per heavy atom. The van der Waals surface area contributed by atoms with Crippen LogP contribution in [-0.4, -0.2) is 16.2 Å². The first-order chi connectivity index (χ1) is 14.5. The van der Waals surface area contributed by atoms with Gasteiger partial charge >= 0.3 is 5.69 Å². The average molecular weight is 441 g/mol. The van der Waals surface area contributed by atoms with Gasteiger partial charge in [0, 0.05) is 10.6 Å². The van der Waals surface area contributed by atoms with E-state index in [-0.39, 0.29) is 23.5 Å². The molecule has 1 aromatic heterocycles. The molecule has 4 aromatic rings. The van der Waals surface area contributed by atoms with Crippen LogP contribution < -0.4 is 16.0 Å². The number of para-hydroxylation sites is 1. The summed E-state index contributed by atoms with van der Waals surface area (Å²) in [6.07, 6.45) is 0. The molecule has 0 amide bonds. The number of benzene rings is 3. The summed E-state index contributed by atoms with van der Waals surface area (Å²) in [6.45, 7) is 0.338. The summed E-state index contributed by atoms with van der Waals surface area (Å²) in [6, 6.07) is 19.9. The van der Waals surface area contributed by atoms with Gasteiger partial charge < -0.3 is 4.74 Å². The van der Waals surface area contributed by atoms with E-state index in [4.69, 9.17) is 27.9 Å². The standard InChI is InChI=1S/C23H18Cl2N2O3/c1-30-20-10-6-5-9-16(20)14-27-22(28)21-18(25)11-17(24)12-19(21)26(23(27)29)13-15-7-3-2-4-8-15/h2-12H,13-14H2,1H3. The molecule has 30 heavy (non-hydrogen) atoms. The zero-order valence-corrected chi connectivity index (χ0v) is 17.7. The first kappa shape index (κ1) is 20.3. The van der Waals surface area contributed by atoms with Gasteiger partial charge in [-0.3, -0.25) is 13.9 Å². The van der Waals surface area contributed by atoms with Crippen LogP contribution in [0.2, 0.25) is 10.0 Å². The number of nitrogens with zero attached hydrogens (tertiary/aromatic N) is 2. The highest BCUT2D eigenvalue weighted by atomic mass is 35.5. The van der Waals surface area contributed by atoms with Crippen LogP contribution >= 0.6 is 23.2 Å². The number of rotatable bonds is 5. The van der Waals surface area contributed by atoms with Crippen molar-refractivity contribution < 1.29 is 4.74 Å². The summed E-state index contributed by atoms with van der Waals surface area (Å²) in [4.78, 5) is 26.7. The van der Waals surface area contributed by atoms with Gasteiger partial charge in [-0.1, -0.05) is 71.7 Å². The molecule has 0 atom stereocenters. The SMILES string of the molecule is COc1ccccc1Cn1c(=O)c2c(Cl)cc(Cl)cc2n(Cc2ccccc2)c1=O. The van der Waals surface area contributed by atoms with Gasteiger partial charge in [-0.05, 0) is 23.8 Å². The van der Waals surface area contributed by atoms with Crippen LogP contribution in [0, 0.1) is 0 Å². The zero-order valence-electron chi connectivity index (χ0n) is 16.1. The Labute approximate surface area is 182 Å². The molecule has 0 aliphatic heterocycles. The first-order valence-corrected chi connectivity index (χ1v) is 10.0. The first-order valence-electron chi connectivity index (χ1n) is 9.28. The molecule has 0 N–H and O–H groups in total. The van der Waals surface area contributed by atoms with E-state index in [2.05, 4.69) is 0 Å². The van der Waals surface area contributed by atoms with Crippen LogP contribution in [0.4, 0.5) is 0 Å². The van der Waals surface area contributed by atoms with Gasteiger partial charge in [-0.15, -0.1) is 0 Å². The molecule has 1 heterocycles. The molecule has 0 spiro atoms. The molecule has 5 nitrogen and oxygen atoms in total. The molecule has 0 saturated carbocycles. The summed E-state index contributed by atoms with van der Waals surface area (Å²) in [5.41, 5.74) is 1.13. The Kier molecular flexibility index (Phi) is 5.66. The molecule has 0 bridgehead atoms. The molecule has 0 fully saturated rings. The lowest BCUT2D eigenvalue weighted by Gasteiger charge is -2.16. The number of fused-ring (bicyclic) bond motifs is 1. The maximum atomic E-state index is 13.4. The van der Waals surface area contributed by atoms with E-state index in [0.29, 0.717) is 16.3 Å². The van der Waals surface area contributed by atoms with E-state index in [1.54, 1.807) is 19.2 Å². The quantitative estimate of drug-likeness (QED) is 0.456. The highest BCUT2D eigenvalue weighted by Crippen LogP contribution is 2.25. The van der Waals surface area contributed by atoms with Gasteiger partial charge in [-0.25, -0.2) is 4.79 Å². The molecule has 0 unspecified atom stereocenters. The Hall–Kier alpha value is -3.02. The Bertz CT molecular complexity index is 1340. The van der Waals surface area contributed by atoms with E-state index in [0.717, 1.165) is 11.1 Å². The number of hydrogen-bond acceptors (Lipinski definition) is 3.